The van der Waals surface area contributed by atoms with Crippen LogP contribution in [0.5, 0.6) is 5.75 Å². The van der Waals surface area contributed by atoms with Crippen LogP contribution < -0.4 is 4.74 Å². The van der Waals surface area contributed by atoms with E-state index in [-0.39, 0.29) is 6.10 Å². The molecule has 1 aliphatic heterocycles. The van der Waals surface area contributed by atoms with Crippen molar-refractivity contribution in [1.29, 1.82) is 0 Å². The molecule has 0 amide bonds. The van der Waals surface area contributed by atoms with Gasteiger partial charge in [-0.2, -0.15) is 0 Å². The zero-order valence-electron chi connectivity index (χ0n) is 10.9. The van der Waals surface area contributed by atoms with Gasteiger partial charge in [-0.25, -0.2) is 0 Å². The molecule has 20 heavy (non-hydrogen) atoms. The molecule has 104 valence electrons. The summed E-state index contributed by atoms with van der Waals surface area (Å²) in [6.45, 7) is 2.04. The molecule has 0 aliphatic carbocycles. The molecule has 0 saturated heterocycles. The number of hydrogen-bond acceptors (Lipinski definition) is 2. The first-order chi connectivity index (χ1) is 9.54. The zero-order valence-corrected chi connectivity index (χ0v) is 13.3. The van der Waals surface area contributed by atoms with Crippen LogP contribution in [0.2, 0.25) is 5.02 Å². The van der Waals surface area contributed by atoms with Gasteiger partial charge in [-0.05, 0) is 42.3 Å². The van der Waals surface area contributed by atoms with Crippen LogP contribution in [-0.2, 0) is 0 Å². The van der Waals surface area contributed by atoms with E-state index in [0.29, 0.717) is 17.2 Å². The number of ether oxygens (including phenoxy) is 1. The molecule has 2 aromatic carbocycles. The van der Waals surface area contributed by atoms with E-state index in [4.69, 9.17) is 16.3 Å². The molecular weight excluding hydrogens is 340 g/mol. The molecule has 3 rings (SSSR count). The van der Waals surface area contributed by atoms with E-state index in [9.17, 15) is 5.11 Å². The number of halogens is 2. The van der Waals surface area contributed by atoms with Gasteiger partial charge in [-0.15, -0.1) is 0 Å². The van der Waals surface area contributed by atoms with Crippen molar-refractivity contribution in [3.05, 3.63) is 62.6 Å². The Balaban J connectivity index is 1.94. The van der Waals surface area contributed by atoms with E-state index in [1.54, 1.807) is 12.1 Å². The van der Waals surface area contributed by atoms with Gasteiger partial charge in [0, 0.05) is 21.5 Å². The van der Waals surface area contributed by atoms with Gasteiger partial charge in [0.05, 0.1) is 6.10 Å². The molecule has 1 aliphatic rings. The van der Waals surface area contributed by atoms with E-state index in [1.807, 2.05) is 25.1 Å². The smallest absolute Gasteiger partial charge is 0.127 e. The molecule has 4 heteroatoms. The highest BCUT2D eigenvalue weighted by Crippen LogP contribution is 2.42. The Morgan fingerprint density at radius 2 is 2.05 bits per heavy atom. The Hall–Kier alpha value is -1.03. The average molecular weight is 354 g/mol. The van der Waals surface area contributed by atoms with Crippen molar-refractivity contribution in [3.63, 3.8) is 0 Å². The molecule has 0 aromatic heterocycles. The molecule has 2 atom stereocenters. The summed E-state index contributed by atoms with van der Waals surface area (Å²) in [7, 11) is 0. The third kappa shape index (κ3) is 2.58. The minimum absolute atomic E-state index is 0.134. The summed E-state index contributed by atoms with van der Waals surface area (Å²) in [6.07, 6.45) is -0.147. The molecule has 1 N–H and O–H groups in total. The minimum atomic E-state index is -0.550. The summed E-state index contributed by atoms with van der Waals surface area (Å²) >= 11 is 9.46. The van der Waals surface area contributed by atoms with Crippen LogP contribution in [0.1, 0.15) is 35.3 Å². The highest BCUT2D eigenvalue weighted by molar-refractivity contribution is 9.10. The van der Waals surface area contributed by atoms with Crippen LogP contribution in [-0.4, -0.2) is 5.11 Å². The monoisotopic (exact) mass is 352 g/mol. The van der Waals surface area contributed by atoms with E-state index in [1.165, 1.54) is 0 Å². The van der Waals surface area contributed by atoms with E-state index < -0.39 is 6.10 Å². The van der Waals surface area contributed by atoms with Crippen LogP contribution in [0.15, 0.2) is 40.9 Å². The van der Waals surface area contributed by atoms with Gasteiger partial charge in [0.1, 0.15) is 11.9 Å². The lowest BCUT2D eigenvalue weighted by Gasteiger charge is -2.30. The van der Waals surface area contributed by atoms with E-state index in [2.05, 4.69) is 22.0 Å². The molecule has 1 heterocycles. The lowest BCUT2D eigenvalue weighted by Crippen LogP contribution is -2.19. The van der Waals surface area contributed by atoms with Gasteiger partial charge < -0.3 is 9.84 Å². The highest BCUT2D eigenvalue weighted by atomic mass is 79.9. The van der Waals surface area contributed by atoms with Crippen molar-refractivity contribution in [2.24, 2.45) is 0 Å². The van der Waals surface area contributed by atoms with Crippen molar-refractivity contribution < 1.29 is 9.84 Å². The topological polar surface area (TPSA) is 29.5 Å². The number of aliphatic hydroxyl groups excluding tert-OH is 1. The van der Waals surface area contributed by atoms with E-state index in [0.717, 1.165) is 21.2 Å². The lowest BCUT2D eigenvalue weighted by atomic mass is 9.94. The van der Waals surface area contributed by atoms with Crippen molar-refractivity contribution >= 4 is 27.5 Å². The molecular formula is C16H14BrClO2. The van der Waals surface area contributed by atoms with Crippen LogP contribution in [0.3, 0.4) is 0 Å². The highest BCUT2D eigenvalue weighted by Gasteiger charge is 2.28. The maximum Gasteiger partial charge on any atom is 0.127 e. The Labute approximate surface area is 131 Å². The van der Waals surface area contributed by atoms with Crippen molar-refractivity contribution in [3.8, 4) is 5.75 Å². The quantitative estimate of drug-likeness (QED) is 0.784. The summed E-state index contributed by atoms with van der Waals surface area (Å²) in [5.41, 5.74) is 3.00. The summed E-state index contributed by atoms with van der Waals surface area (Å²) in [5, 5.41) is 10.9. The van der Waals surface area contributed by atoms with E-state index >= 15 is 0 Å². The molecule has 2 nitrogen and oxygen atoms in total. The summed E-state index contributed by atoms with van der Waals surface area (Å²) in [4.78, 5) is 0. The number of rotatable bonds is 1. The normalized spacial score (nSPS) is 21.2. The second-order valence-electron chi connectivity index (χ2n) is 5.05. The number of benzene rings is 2. The first kappa shape index (κ1) is 13.9. The maximum absolute atomic E-state index is 10.3. The van der Waals surface area contributed by atoms with Gasteiger partial charge in [-0.1, -0.05) is 39.7 Å². The van der Waals surface area contributed by atoms with Crippen molar-refractivity contribution in [2.75, 3.05) is 0 Å². The number of aryl methyl sites for hydroxylation is 1. The molecule has 0 fully saturated rings. The van der Waals surface area contributed by atoms with Crippen molar-refractivity contribution in [1.82, 2.24) is 0 Å². The third-order valence-corrected chi connectivity index (χ3v) is 4.72. The van der Waals surface area contributed by atoms with Gasteiger partial charge in [-0.3, -0.25) is 0 Å². The summed E-state index contributed by atoms with van der Waals surface area (Å²) in [6, 6.07) is 11.5. The zero-order chi connectivity index (χ0) is 14.3. The Morgan fingerprint density at radius 1 is 1.25 bits per heavy atom. The standard InChI is InChI=1S/C16H14BrClO2/c1-9-6-10(2-4-13(9)17)16-8-14(19)12-7-11(18)3-5-15(12)20-16/h2-7,14,16,19H,8H2,1H3. The second-order valence-corrected chi connectivity index (χ2v) is 6.34. The molecule has 0 saturated carbocycles. The Kier molecular flexibility index (Phi) is 3.76. The predicted octanol–water partition coefficient (Wildman–Crippen LogP) is 4.97. The second kappa shape index (κ2) is 5.40. The van der Waals surface area contributed by atoms with Gasteiger partial charge in [0.2, 0.25) is 0 Å². The van der Waals surface area contributed by atoms with Crippen LogP contribution >= 0.6 is 27.5 Å². The molecule has 0 radical (unpaired) electrons. The number of fused-ring (bicyclic) bond motifs is 1. The molecule has 2 aromatic rings. The van der Waals surface area contributed by atoms with Gasteiger partial charge >= 0.3 is 0 Å². The number of aliphatic hydroxyl groups is 1. The fraction of sp³-hybridized carbons (Fsp3) is 0.250. The summed E-state index contributed by atoms with van der Waals surface area (Å²) in [5.74, 6) is 0.707. The summed E-state index contributed by atoms with van der Waals surface area (Å²) < 4.78 is 7.08. The first-order valence-electron chi connectivity index (χ1n) is 6.45. The minimum Gasteiger partial charge on any atom is -0.485 e. The lowest BCUT2D eigenvalue weighted by molar-refractivity contribution is 0.0657. The SMILES string of the molecule is Cc1cc(C2CC(O)c3cc(Cl)ccc3O2)ccc1Br. The average Bonchev–Trinajstić information content (AvgIpc) is 2.42. The maximum atomic E-state index is 10.3. The first-order valence-corrected chi connectivity index (χ1v) is 7.62. The Bertz CT molecular complexity index is 657. The molecule has 0 spiro atoms. The molecule has 2 unspecified atom stereocenters. The predicted molar refractivity (Wildman–Crippen MR) is 83.3 cm³/mol. The van der Waals surface area contributed by atoms with Crippen LogP contribution in [0.25, 0.3) is 0 Å². The van der Waals surface area contributed by atoms with Crippen LogP contribution in [0.4, 0.5) is 0 Å². The van der Waals surface area contributed by atoms with Crippen LogP contribution in [0, 0.1) is 6.92 Å². The van der Waals surface area contributed by atoms with Crippen molar-refractivity contribution in [2.45, 2.75) is 25.6 Å². The van der Waals surface area contributed by atoms with Gasteiger partial charge in [0.25, 0.3) is 0 Å². The third-order valence-electron chi connectivity index (χ3n) is 3.59. The van der Waals surface area contributed by atoms with Gasteiger partial charge in [0.15, 0.2) is 0 Å². The fourth-order valence-corrected chi connectivity index (χ4v) is 2.92. The Morgan fingerprint density at radius 3 is 2.80 bits per heavy atom. The largest absolute Gasteiger partial charge is 0.485 e. The fourth-order valence-electron chi connectivity index (χ4n) is 2.49. The number of hydrogen-bond donors (Lipinski definition) is 1. The molecule has 0 bridgehead atoms.